The van der Waals surface area contributed by atoms with Crippen molar-refractivity contribution in [3.05, 3.63) is 0 Å². The Balaban J connectivity index is 2.84. The Morgan fingerprint density at radius 1 is 1.67 bits per heavy atom. The Morgan fingerprint density at radius 2 is 2.25 bits per heavy atom. The molecule has 0 spiro atoms. The first-order valence-corrected chi connectivity index (χ1v) is 4.29. The van der Waals surface area contributed by atoms with E-state index in [1.165, 1.54) is 5.01 Å². The van der Waals surface area contributed by atoms with Crippen molar-refractivity contribution in [2.24, 2.45) is 0 Å². The van der Waals surface area contributed by atoms with E-state index in [1.54, 1.807) is 0 Å². The molecule has 0 saturated carbocycles. The van der Waals surface area contributed by atoms with Gasteiger partial charge < -0.3 is 5.11 Å². The van der Waals surface area contributed by atoms with Gasteiger partial charge in [0.15, 0.2) is 6.23 Å². The van der Waals surface area contributed by atoms with Crippen LogP contribution in [-0.2, 0) is 4.79 Å². The molecule has 4 heteroatoms. The van der Waals surface area contributed by atoms with Crippen molar-refractivity contribution < 1.29 is 14.5 Å². The standard InChI is InChI=1S/C8H17N2O2/c1-7(2)10(3)5-4-8(12)9(10)6-11/h6-8,12H,4-5H2,1-3H3/q+1/t8-,10+/m0/s1. The fourth-order valence-electron chi connectivity index (χ4n) is 1.63. The largest absolute Gasteiger partial charge is 0.369 e. The van der Waals surface area contributed by atoms with Crippen LogP contribution < -0.4 is 0 Å². The Kier molecular flexibility index (Phi) is 2.39. The van der Waals surface area contributed by atoms with Crippen LogP contribution in [0.25, 0.3) is 0 Å². The molecule has 1 fully saturated rings. The Labute approximate surface area is 72.9 Å². The van der Waals surface area contributed by atoms with Crippen LogP contribution in [0.2, 0.25) is 0 Å². The van der Waals surface area contributed by atoms with Gasteiger partial charge in [-0.2, -0.15) is 5.01 Å². The maximum Gasteiger partial charge on any atom is 0.258 e. The minimum Gasteiger partial charge on any atom is -0.369 e. The number of aliphatic hydroxyl groups is 1. The van der Waals surface area contributed by atoms with Crippen molar-refractivity contribution in [1.29, 1.82) is 0 Å². The predicted molar refractivity (Wildman–Crippen MR) is 44.7 cm³/mol. The fraction of sp³-hybridized carbons (Fsp3) is 0.875. The third kappa shape index (κ3) is 1.21. The second-order valence-corrected chi connectivity index (χ2v) is 3.79. The van der Waals surface area contributed by atoms with E-state index < -0.39 is 6.23 Å². The molecule has 0 bridgehead atoms. The van der Waals surface area contributed by atoms with Gasteiger partial charge in [-0.15, -0.1) is 0 Å². The first kappa shape index (κ1) is 9.48. The number of quaternary nitrogens is 1. The normalized spacial score (nSPS) is 36.1. The molecule has 1 amide bonds. The summed E-state index contributed by atoms with van der Waals surface area (Å²) in [5.41, 5.74) is 0. The second kappa shape index (κ2) is 3.03. The van der Waals surface area contributed by atoms with Gasteiger partial charge in [-0.25, -0.2) is 4.59 Å². The van der Waals surface area contributed by atoms with E-state index in [-0.39, 0.29) is 0 Å². The summed E-state index contributed by atoms with van der Waals surface area (Å²) >= 11 is 0. The highest BCUT2D eigenvalue weighted by Gasteiger charge is 2.43. The minimum atomic E-state index is -0.602. The van der Waals surface area contributed by atoms with Crippen LogP contribution in [0.3, 0.4) is 0 Å². The van der Waals surface area contributed by atoms with Gasteiger partial charge in [0.1, 0.15) is 12.6 Å². The van der Waals surface area contributed by atoms with Gasteiger partial charge in [0.2, 0.25) is 0 Å². The molecular weight excluding hydrogens is 156 g/mol. The highest BCUT2D eigenvalue weighted by molar-refractivity contribution is 5.45. The first-order chi connectivity index (χ1) is 5.52. The van der Waals surface area contributed by atoms with Crippen molar-refractivity contribution in [2.45, 2.75) is 32.5 Å². The summed E-state index contributed by atoms with van der Waals surface area (Å²) in [6.45, 7) is 4.93. The van der Waals surface area contributed by atoms with Gasteiger partial charge in [0.25, 0.3) is 6.41 Å². The van der Waals surface area contributed by atoms with E-state index in [2.05, 4.69) is 13.8 Å². The van der Waals surface area contributed by atoms with Crippen LogP contribution >= 0.6 is 0 Å². The molecule has 1 aliphatic heterocycles. The second-order valence-electron chi connectivity index (χ2n) is 3.79. The molecule has 4 nitrogen and oxygen atoms in total. The van der Waals surface area contributed by atoms with Crippen LogP contribution in [-0.4, -0.2) is 47.0 Å². The number of hydrogen-bond acceptors (Lipinski definition) is 2. The number of nitrogens with zero attached hydrogens (tertiary/aromatic N) is 2. The first-order valence-electron chi connectivity index (χ1n) is 4.29. The van der Waals surface area contributed by atoms with Gasteiger partial charge in [-0.1, -0.05) is 0 Å². The van der Waals surface area contributed by atoms with E-state index in [1.807, 2.05) is 7.05 Å². The van der Waals surface area contributed by atoms with Gasteiger partial charge >= 0.3 is 0 Å². The maximum atomic E-state index is 10.7. The van der Waals surface area contributed by atoms with Crippen molar-refractivity contribution in [3.63, 3.8) is 0 Å². The molecule has 1 rings (SSSR count). The summed E-state index contributed by atoms with van der Waals surface area (Å²) in [5.74, 6) is 0. The number of hydrogen-bond donors (Lipinski definition) is 1. The molecule has 1 saturated heterocycles. The third-order valence-electron chi connectivity index (χ3n) is 2.89. The monoisotopic (exact) mass is 173 g/mol. The predicted octanol–water partition coefficient (Wildman–Crippen LogP) is -0.0631. The summed E-state index contributed by atoms with van der Waals surface area (Å²) in [7, 11) is 1.97. The number of rotatable bonds is 2. The van der Waals surface area contributed by atoms with Crippen LogP contribution in [0, 0.1) is 0 Å². The summed E-state index contributed by atoms with van der Waals surface area (Å²) in [6, 6.07) is 0.326. The Hall–Kier alpha value is -0.610. The van der Waals surface area contributed by atoms with E-state index in [9.17, 15) is 9.90 Å². The maximum absolute atomic E-state index is 10.7. The lowest BCUT2D eigenvalue weighted by Gasteiger charge is -2.38. The average molecular weight is 173 g/mol. The molecule has 0 aromatic carbocycles. The Bertz CT molecular complexity index is 184. The zero-order chi connectivity index (χ0) is 9.35. The number of carbonyl (C=O) groups excluding carboxylic acids is 1. The lowest BCUT2D eigenvalue weighted by atomic mass is 10.3. The highest BCUT2D eigenvalue weighted by atomic mass is 16.3. The van der Waals surface area contributed by atoms with Gasteiger partial charge in [0.05, 0.1) is 7.05 Å². The molecule has 2 atom stereocenters. The van der Waals surface area contributed by atoms with Crippen LogP contribution in [0.4, 0.5) is 0 Å². The van der Waals surface area contributed by atoms with Crippen molar-refractivity contribution >= 4 is 6.41 Å². The minimum absolute atomic E-state index is 0.326. The summed E-state index contributed by atoms with van der Waals surface area (Å²) < 4.78 is 0.519. The van der Waals surface area contributed by atoms with Crippen LogP contribution in [0.1, 0.15) is 20.3 Å². The highest BCUT2D eigenvalue weighted by Crippen LogP contribution is 2.25. The van der Waals surface area contributed by atoms with Gasteiger partial charge in [-0.05, 0) is 13.8 Å². The summed E-state index contributed by atoms with van der Waals surface area (Å²) in [6.07, 6.45) is 0.806. The van der Waals surface area contributed by atoms with Crippen molar-refractivity contribution in [1.82, 2.24) is 5.01 Å². The van der Waals surface area contributed by atoms with Crippen LogP contribution in [0.5, 0.6) is 0 Å². The average Bonchev–Trinajstić information content (AvgIpc) is 2.29. The molecule has 12 heavy (non-hydrogen) atoms. The summed E-state index contributed by atoms with van der Waals surface area (Å²) in [5, 5.41) is 10.9. The SMILES string of the molecule is CC(C)[N@@+]1(C)CC[C@H](O)N1C=O. The molecular formula is C8H17N2O2+. The Morgan fingerprint density at radius 3 is 2.58 bits per heavy atom. The molecule has 0 aromatic heterocycles. The number of amides is 1. The van der Waals surface area contributed by atoms with Gasteiger partial charge in [-0.3, -0.25) is 4.79 Å². The molecule has 70 valence electrons. The van der Waals surface area contributed by atoms with E-state index in [0.29, 0.717) is 17.1 Å². The summed E-state index contributed by atoms with van der Waals surface area (Å²) in [4.78, 5) is 10.7. The van der Waals surface area contributed by atoms with E-state index in [4.69, 9.17) is 0 Å². The molecule has 0 unspecified atom stereocenters. The lowest BCUT2D eigenvalue weighted by Crippen LogP contribution is -2.58. The van der Waals surface area contributed by atoms with E-state index in [0.717, 1.165) is 13.0 Å². The smallest absolute Gasteiger partial charge is 0.258 e. The number of aliphatic hydroxyl groups excluding tert-OH is 1. The lowest BCUT2D eigenvalue weighted by molar-refractivity contribution is -1.01. The zero-order valence-electron chi connectivity index (χ0n) is 7.90. The zero-order valence-corrected chi connectivity index (χ0v) is 7.90. The number of carbonyl (C=O) groups is 1. The van der Waals surface area contributed by atoms with Crippen molar-refractivity contribution in [2.75, 3.05) is 13.6 Å². The fourth-order valence-corrected chi connectivity index (χ4v) is 1.63. The van der Waals surface area contributed by atoms with Crippen molar-refractivity contribution in [3.8, 4) is 0 Å². The van der Waals surface area contributed by atoms with Crippen LogP contribution in [0.15, 0.2) is 0 Å². The molecule has 0 radical (unpaired) electrons. The quantitative estimate of drug-likeness (QED) is 0.469. The molecule has 0 aromatic rings. The molecule has 0 aliphatic carbocycles. The van der Waals surface area contributed by atoms with E-state index >= 15 is 0 Å². The molecule has 1 heterocycles. The molecule has 1 aliphatic rings. The molecule has 1 N–H and O–H groups in total. The third-order valence-corrected chi connectivity index (χ3v) is 2.89. The van der Waals surface area contributed by atoms with Gasteiger partial charge in [0, 0.05) is 6.42 Å². The topological polar surface area (TPSA) is 40.5 Å².